The fourth-order valence-corrected chi connectivity index (χ4v) is 1.33. The van der Waals surface area contributed by atoms with Gasteiger partial charge in [0.15, 0.2) is 0 Å². The van der Waals surface area contributed by atoms with Crippen LogP contribution >= 0.6 is 11.6 Å². The van der Waals surface area contributed by atoms with E-state index in [1.54, 1.807) is 36.7 Å². The third-order valence-corrected chi connectivity index (χ3v) is 2.24. The molecule has 0 aliphatic heterocycles. The zero-order valence-corrected chi connectivity index (χ0v) is 9.05. The number of aromatic nitrogens is 2. The molecule has 0 unspecified atom stereocenters. The van der Waals surface area contributed by atoms with Gasteiger partial charge in [0, 0.05) is 12.3 Å². The minimum atomic E-state index is -0.219. The van der Waals surface area contributed by atoms with E-state index >= 15 is 0 Å². The minimum Gasteiger partial charge on any atom is -0.437 e. The van der Waals surface area contributed by atoms with Crippen LogP contribution in [0.15, 0.2) is 36.7 Å². The van der Waals surface area contributed by atoms with E-state index in [-0.39, 0.29) is 6.61 Å². The average Bonchev–Trinajstić information content (AvgIpc) is 2.33. The minimum absolute atomic E-state index is 0.219. The molecule has 82 valence electrons. The summed E-state index contributed by atoms with van der Waals surface area (Å²) in [5, 5.41) is 9.41. The summed E-state index contributed by atoms with van der Waals surface area (Å²) in [5.41, 5.74) is 0.392. The van der Waals surface area contributed by atoms with E-state index in [9.17, 15) is 0 Å². The van der Waals surface area contributed by atoms with Crippen LogP contribution in [0.1, 0.15) is 5.69 Å². The SMILES string of the molecule is OCc1nc(Oc2cccnc2)ccc1Cl. The highest BCUT2D eigenvalue weighted by molar-refractivity contribution is 6.31. The average molecular weight is 237 g/mol. The first-order valence-electron chi connectivity index (χ1n) is 4.64. The summed E-state index contributed by atoms with van der Waals surface area (Å²) in [4.78, 5) is 7.97. The lowest BCUT2D eigenvalue weighted by Crippen LogP contribution is -1.94. The monoisotopic (exact) mass is 236 g/mol. The molecule has 16 heavy (non-hydrogen) atoms. The second-order valence-electron chi connectivity index (χ2n) is 3.03. The van der Waals surface area contributed by atoms with Crippen molar-refractivity contribution >= 4 is 11.6 Å². The fourth-order valence-electron chi connectivity index (χ4n) is 1.16. The van der Waals surface area contributed by atoms with Gasteiger partial charge in [-0.05, 0) is 18.2 Å². The molecule has 0 aliphatic rings. The quantitative estimate of drug-likeness (QED) is 0.889. The molecule has 0 saturated carbocycles. The van der Waals surface area contributed by atoms with Crippen LogP contribution in [-0.4, -0.2) is 15.1 Å². The van der Waals surface area contributed by atoms with Gasteiger partial charge >= 0.3 is 0 Å². The molecule has 0 amide bonds. The Bertz CT molecular complexity index is 477. The van der Waals surface area contributed by atoms with E-state index in [0.717, 1.165) is 0 Å². The van der Waals surface area contributed by atoms with Crippen molar-refractivity contribution in [2.45, 2.75) is 6.61 Å². The number of hydrogen-bond donors (Lipinski definition) is 1. The maximum Gasteiger partial charge on any atom is 0.219 e. The Morgan fingerprint density at radius 1 is 1.31 bits per heavy atom. The molecule has 0 atom stereocenters. The van der Waals surface area contributed by atoms with Crippen LogP contribution < -0.4 is 4.74 Å². The molecule has 0 aliphatic carbocycles. The molecular formula is C11H9ClN2O2. The van der Waals surface area contributed by atoms with Gasteiger partial charge < -0.3 is 9.84 Å². The molecule has 0 bridgehead atoms. The topological polar surface area (TPSA) is 55.2 Å². The molecule has 0 saturated heterocycles. The van der Waals surface area contributed by atoms with E-state index in [4.69, 9.17) is 21.4 Å². The highest BCUT2D eigenvalue weighted by atomic mass is 35.5. The Morgan fingerprint density at radius 2 is 2.19 bits per heavy atom. The van der Waals surface area contributed by atoms with Crippen molar-refractivity contribution in [1.82, 2.24) is 9.97 Å². The molecule has 0 aromatic carbocycles. The predicted molar refractivity (Wildman–Crippen MR) is 59.5 cm³/mol. The Kier molecular flexibility index (Phi) is 3.34. The molecule has 0 fully saturated rings. The molecule has 4 nitrogen and oxygen atoms in total. The first-order valence-corrected chi connectivity index (χ1v) is 5.01. The third-order valence-electron chi connectivity index (χ3n) is 1.90. The summed E-state index contributed by atoms with van der Waals surface area (Å²) in [5.74, 6) is 0.961. The van der Waals surface area contributed by atoms with Gasteiger partial charge in [-0.2, -0.15) is 0 Å². The van der Waals surface area contributed by atoms with Crippen molar-refractivity contribution in [3.63, 3.8) is 0 Å². The number of hydrogen-bond acceptors (Lipinski definition) is 4. The first kappa shape index (κ1) is 10.9. The summed E-state index contributed by atoms with van der Waals surface area (Å²) >= 11 is 5.81. The van der Waals surface area contributed by atoms with Crippen molar-refractivity contribution in [3.8, 4) is 11.6 Å². The number of rotatable bonds is 3. The van der Waals surface area contributed by atoms with Crippen molar-refractivity contribution in [2.75, 3.05) is 0 Å². The summed E-state index contributed by atoms with van der Waals surface area (Å²) < 4.78 is 5.43. The van der Waals surface area contributed by atoms with E-state index in [2.05, 4.69) is 9.97 Å². The Hall–Kier alpha value is -1.65. The zero-order valence-electron chi connectivity index (χ0n) is 8.30. The number of nitrogens with zero attached hydrogens (tertiary/aromatic N) is 2. The molecule has 5 heteroatoms. The van der Waals surface area contributed by atoms with Gasteiger partial charge in [-0.1, -0.05) is 11.6 Å². The summed E-state index contributed by atoms with van der Waals surface area (Å²) in [6.07, 6.45) is 3.23. The van der Waals surface area contributed by atoms with Gasteiger partial charge in [-0.15, -0.1) is 0 Å². The molecule has 2 aromatic rings. The smallest absolute Gasteiger partial charge is 0.219 e. The molecular weight excluding hydrogens is 228 g/mol. The lowest BCUT2D eigenvalue weighted by atomic mass is 10.3. The molecule has 2 rings (SSSR count). The standard InChI is InChI=1S/C11H9ClN2O2/c12-9-3-4-11(14-10(9)7-15)16-8-2-1-5-13-6-8/h1-6,15H,7H2. The van der Waals surface area contributed by atoms with Crippen LogP contribution in [0.25, 0.3) is 0 Å². The summed E-state index contributed by atoms with van der Waals surface area (Å²) in [6.45, 7) is -0.219. The van der Waals surface area contributed by atoms with Crippen LogP contribution in [0.4, 0.5) is 0 Å². The lowest BCUT2D eigenvalue weighted by molar-refractivity contribution is 0.275. The molecule has 0 radical (unpaired) electrons. The predicted octanol–water partition coefficient (Wildman–Crippen LogP) is 2.41. The highest BCUT2D eigenvalue weighted by Gasteiger charge is 2.04. The van der Waals surface area contributed by atoms with Crippen LogP contribution in [-0.2, 0) is 6.61 Å². The highest BCUT2D eigenvalue weighted by Crippen LogP contribution is 2.22. The Labute approximate surface area is 97.5 Å². The van der Waals surface area contributed by atoms with E-state index in [0.29, 0.717) is 22.3 Å². The zero-order chi connectivity index (χ0) is 11.4. The molecule has 1 N–H and O–H groups in total. The van der Waals surface area contributed by atoms with Crippen molar-refractivity contribution in [3.05, 3.63) is 47.4 Å². The maximum absolute atomic E-state index is 8.99. The van der Waals surface area contributed by atoms with E-state index in [1.165, 1.54) is 0 Å². The van der Waals surface area contributed by atoms with Crippen LogP contribution in [0, 0.1) is 0 Å². The number of ether oxygens (including phenoxy) is 1. The van der Waals surface area contributed by atoms with Gasteiger partial charge in [-0.3, -0.25) is 4.98 Å². The number of aliphatic hydroxyl groups excluding tert-OH is 1. The van der Waals surface area contributed by atoms with Crippen LogP contribution in [0.5, 0.6) is 11.6 Å². The maximum atomic E-state index is 8.99. The van der Waals surface area contributed by atoms with E-state index < -0.39 is 0 Å². The van der Waals surface area contributed by atoms with Crippen molar-refractivity contribution in [1.29, 1.82) is 0 Å². The number of pyridine rings is 2. The van der Waals surface area contributed by atoms with Gasteiger partial charge in [-0.25, -0.2) is 4.98 Å². The van der Waals surface area contributed by atoms with Crippen molar-refractivity contribution < 1.29 is 9.84 Å². The van der Waals surface area contributed by atoms with Gasteiger partial charge in [0.25, 0.3) is 0 Å². The first-order chi connectivity index (χ1) is 7.79. The number of aliphatic hydroxyl groups is 1. The number of halogens is 1. The fraction of sp³-hybridized carbons (Fsp3) is 0.0909. The van der Waals surface area contributed by atoms with Gasteiger partial charge in [0.05, 0.1) is 23.5 Å². The second kappa shape index (κ2) is 4.92. The van der Waals surface area contributed by atoms with E-state index in [1.807, 2.05) is 0 Å². The van der Waals surface area contributed by atoms with Crippen LogP contribution in [0.2, 0.25) is 5.02 Å². The third kappa shape index (κ3) is 2.48. The van der Waals surface area contributed by atoms with Gasteiger partial charge in [0.2, 0.25) is 5.88 Å². The second-order valence-corrected chi connectivity index (χ2v) is 3.43. The molecule has 2 heterocycles. The lowest BCUT2D eigenvalue weighted by Gasteiger charge is -2.06. The normalized spacial score (nSPS) is 10.1. The van der Waals surface area contributed by atoms with Gasteiger partial charge in [0.1, 0.15) is 5.75 Å². The molecule has 0 spiro atoms. The van der Waals surface area contributed by atoms with Crippen LogP contribution in [0.3, 0.4) is 0 Å². The summed E-state index contributed by atoms with van der Waals surface area (Å²) in [6, 6.07) is 6.79. The van der Waals surface area contributed by atoms with Crippen molar-refractivity contribution in [2.24, 2.45) is 0 Å². The Morgan fingerprint density at radius 3 is 2.88 bits per heavy atom. The largest absolute Gasteiger partial charge is 0.437 e. The summed E-state index contributed by atoms with van der Waals surface area (Å²) in [7, 11) is 0. The molecule has 2 aromatic heterocycles. The Balaban J connectivity index is 2.22.